The van der Waals surface area contributed by atoms with Gasteiger partial charge in [-0.25, -0.2) is 0 Å². The molecule has 0 spiro atoms. The summed E-state index contributed by atoms with van der Waals surface area (Å²) in [5.41, 5.74) is 6.89. The SMILES string of the molecule is Nc1cc(I)ccc1Sc1ccc2ccccc2c1. The zero-order valence-corrected chi connectivity index (χ0v) is 13.1. The fourth-order valence-corrected chi connectivity index (χ4v) is 3.37. The zero-order valence-electron chi connectivity index (χ0n) is 10.1. The number of rotatable bonds is 2. The lowest BCUT2D eigenvalue weighted by molar-refractivity contribution is 1.41. The first kappa shape index (κ1) is 12.8. The van der Waals surface area contributed by atoms with Gasteiger partial charge in [-0.05, 0) is 63.7 Å². The van der Waals surface area contributed by atoms with Crippen molar-refractivity contribution in [3.63, 3.8) is 0 Å². The molecule has 2 N–H and O–H groups in total. The highest BCUT2D eigenvalue weighted by molar-refractivity contribution is 14.1. The van der Waals surface area contributed by atoms with Gasteiger partial charge < -0.3 is 5.73 Å². The van der Waals surface area contributed by atoms with Gasteiger partial charge in [-0.15, -0.1) is 0 Å². The molecule has 0 fully saturated rings. The van der Waals surface area contributed by atoms with Crippen LogP contribution in [0, 0.1) is 3.57 Å². The Balaban J connectivity index is 1.96. The van der Waals surface area contributed by atoms with Crippen LogP contribution in [-0.4, -0.2) is 0 Å². The number of nitrogens with two attached hydrogens (primary N) is 1. The van der Waals surface area contributed by atoms with Gasteiger partial charge in [0.05, 0.1) is 0 Å². The standard InChI is InChI=1S/C16H12INS/c17-13-6-8-16(15(18)10-13)19-14-7-5-11-3-1-2-4-12(11)9-14/h1-10H,18H2. The van der Waals surface area contributed by atoms with Gasteiger partial charge in [0, 0.05) is 19.0 Å². The summed E-state index contributed by atoms with van der Waals surface area (Å²) in [6, 6.07) is 21.1. The molecular weight excluding hydrogens is 365 g/mol. The molecule has 0 saturated heterocycles. The van der Waals surface area contributed by atoms with Crippen molar-refractivity contribution in [2.45, 2.75) is 9.79 Å². The van der Waals surface area contributed by atoms with Crippen molar-refractivity contribution in [2.24, 2.45) is 0 Å². The van der Waals surface area contributed by atoms with Crippen LogP contribution in [0.3, 0.4) is 0 Å². The number of hydrogen-bond acceptors (Lipinski definition) is 2. The Hall–Kier alpha value is -1.20. The molecular formula is C16H12INS. The molecule has 0 aliphatic heterocycles. The quantitative estimate of drug-likeness (QED) is 0.492. The van der Waals surface area contributed by atoms with Gasteiger partial charge in [0.15, 0.2) is 0 Å². The Labute approximate surface area is 130 Å². The lowest BCUT2D eigenvalue weighted by Gasteiger charge is -2.07. The first-order valence-electron chi connectivity index (χ1n) is 5.94. The van der Waals surface area contributed by atoms with Crippen molar-refractivity contribution in [2.75, 3.05) is 5.73 Å². The van der Waals surface area contributed by atoms with E-state index in [4.69, 9.17) is 5.73 Å². The summed E-state index contributed by atoms with van der Waals surface area (Å²) in [5.74, 6) is 0. The molecule has 0 heterocycles. The number of benzene rings is 3. The molecule has 3 heteroatoms. The van der Waals surface area contributed by atoms with E-state index in [9.17, 15) is 0 Å². The van der Waals surface area contributed by atoms with Crippen LogP contribution in [0.5, 0.6) is 0 Å². The predicted octanol–water partition coefficient (Wildman–Crippen LogP) is 5.18. The third-order valence-electron chi connectivity index (χ3n) is 2.92. The summed E-state index contributed by atoms with van der Waals surface area (Å²) in [7, 11) is 0. The molecule has 0 bridgehead atoms. The highest BCUT2D eigenvalue weighted by Gasteiger charge is 2.03. The highest BCUT2D eigenvalue weighted by atomic mass is 127. The maximum absolute atomic E-state index is 6.06. The van der Waals surface area contributed by atoms with Gasteiger partial charge in [-0.1, -0.05) is 42.1 Å². The second-order valence-electron chi connectivity index (χ2n) is 4.29. The molecule has 0 aromatic heterocycles. The molecule has 94 valence electrons. The Morgan fingerprint density at radius 1 is 0.842 bits per heavy atom. The normalized spacial score (nSPS) is 10.8. The van der Waals surface area contributed by atoms with Gasteiger partial charge >= 0.3 is 0 Å². The number of hydrogen-bond donors (Lipinski definition) is 1. The second-order valence-corrected chi connectivity index (χ2v) is 6.65. The van der Waals surface area contributed by atoms with Crippen molar-refractivity contribution < 1.29 is 0 Å². The van der Waals surface area contributed by atoms with Crippen LogP contribution in [0.1, 0.15) is 0 Å². The summed E-state index contributed by atoms with van der Waals surface area (Å²) in [6.45, 7) is 0. The van der Waals surface area contributed by atoms with Gasteiger partial charge in [0.2, 0.25) is 0 Å². The van der Waals surface area contributed by atoms with Crippen LogP contribution < -0.4 is 5.73 Å². The van der Waals surface area contributed by atoms with Crippen LogP contribution in [0.25, 0.3) is 10.8 Å². The van der Waals surface area contributed by atoms with Gasteiger partial charge in [-0.2, -0.15) is 0 Å². The molecule has 0 saturated carbocycles. The second kappa shape index (κ2) is 5.43. The maximum atomic E-state index is 6.06. The molecule has 19 heavy (non-hydrogen) atoms. The third kappa shape index (κ3) is 2.87. The summed E-state index contributed by atoms with van der Waals surface area (Å²) in [4.78, 5) is 2.32. The van der Waals surface area contributed by atoms with Crippen LogP contribution in [0.4, 0.5) is 5.69 Å². The largest absolute Gasteiger partial charge is 0.398 e. The van der Waals surface area contributed by atoms with E-state index in [1.54, 1.807) is 11.8 Å². The van der Waals surface area contributed by atoms with Crippen molar-refractivity contribution in [3.8, 4) is 0 Å². The van der Waals surface area contributed by atoms with Crippen LogP contribution in [-0.2, 0) is 0 Å². The Morgan fingerprint density at radius 2 is 1.63 bits per heavy atom. The molecule has 0 amide bonds. The van der Waals surface area contributed by atoms with Crippen LogP contribution in [0.15, 0.2) is 70.5 Å². The predicted molar refractivity (Wildman–Crippen MR) is 91.6 cm³/mol. The number of anilines is 1. The Kier molecular flexibility index (Phi) is 3.66. The van der Waals surface area contributed by atoms with E-state index in [0.29, 0.717) is 0 Å². The smallest absolute Gasteiger partial charge is 0.0466 e. The summed E-state index contributed by atoms with van der Waals surface area (Å²) in [5, 5.41) is 2.53. The van der Waals surface area contributed by atoms with Crippen molar-refractivity contribution in [3.05, 3.63) is 64.2 Å². The summed E-state index contributed by atoms with van der Waals surface area (Å²) < 4.78 is 1.16. The molecule has 0 unspecified atom stereocenters. The molecule has 3 aromatic carbocycles. The van der Waals surface area contributed by atoms with E-state index < -0.39 is 0 Å². The monoisotopic (exact) mass is 377 g/mol. The Morgan fingerprint density at radius 3 is 2.42 bits per heavy atom. The van der Waals surface area contributed by atoms with Crippen molar-refractivity contribution in [1.82, 2.24) is 0 Å². The first-order valence-corrected chi connectivity index (χ1v) is 7.83. The fraction of sp³-hybridized carbons (Fsp3) is 0. The number of nitrogen functional groups attached to an aromatic ring is 1. The average Bonchev–Trinajstić information content (AvgIpc) is 2.42. The van der Waals surface area contributed by atoms with Gasteiger partial charge in [0.1, 0.15) is 0 Å². The average molecular weight is 377 g/mol. The molecule has 0 atom stereocenters. The van der Waals surface area contributed by atoms with Gasteiger partial charge in [0.25, 0.3) is 0 Å². The van der Waals surface area contributed by atoms with E-state index in [-0.39, 0.29) is 0 Å². The van der Waals surface area contributed by atoms with E-state index in [1.807, 2.05) is 6.07 Å². The van der Waals surface area contributed by atoms with Crippen LogP contribution in [0.2, 0.25) is 0 Å². The molecule has 3 rings (SSSR count). The minimum Gasteiger partial charge on any atom is -0.398 e. The highest BCUT2D eigenvalue weighted by Crippen LogP contribution is 2.34. The lowest BCUT2D eigenvalue weighted by atomic mass is 10.1. The third-order valence-corrected chi connectivity index (χ3v) is 4.67. The first-order chi connectivity index (χ1) is 9.22. The van der Waals surface area contributed by atoms with Crippen LogP contribution >= 0.6 is 34.4 Å². The maximum Gasteiger partial charge on any atom is 0.0466 e. The number of fused-ring (bicyclic) bond motifs is 1. The van der Waals surface area contributed by atoms with E-state index in [1.165, 1.54) is 15.7 Å². The van der Waals surface area contributed by atoms with Crippen molar-refractivity contribution in [1.29, 1.82) is 0 Å². The number of halogens is 1. The zero-order chi connectivity index (χ0) is 13.2. The molecule has 3 aromatic rings. The minimum atomic E-state index is 0.838. The summed E-state index contributed by atoms with van der Waals surface area (Å²) >= 11 is 3.98. The lowest BCUT2D eigenvalue weighted by Crippen LogP contribution is -1.89. The van der Waals surface area contributed by atoms with E-state index in [0.717, 1.165) is 14.2 Å². The molecule has 1 nitrogen and oxygen atoms in total. The van der Waals surface area contributed by atoms with E-state index in [2.05, 4.69) is 77.2 Å². The van der Waals surface area contributed by atoms with Crippen molar-refractivity contribution >= 4 is 50.8 Å². The minimum absolute atomic E-state index is 0.838. The molecule has 0 aliphatic rings. The summed E-state index contributed by atoms with van der Waals surface area (Å²) in [6.07, 6.45) is 0. The van der Waals surface area contributed by atoms with E-state index >= 15 is 0 Å². The molecule has 0 aliphatic carbocycles. The molecule has 0 radical (unpaired) electrons. The Bertz CT molecular complexity index is 740. The van der Waals surface area contributed by atoms with Gasteiger partial charge in [-0.3, -0.25) is 0 Å². The topological polar surface area (TPSA) is 26.0 Å². The fourth-order valence-electron chi connectivity index (χ4n) is 1.97.